The number of carbonyl (C=O) groups is 1. The van der Waals surface area contributed by atoms with Gasteiger partial charge in [0, 0.05) is 16.6 Å². The zero-order valence-electron chi connectivity index (χ0n) is 12.2. The summed E-state index contributed by atoms with van der Waals surface area (Å²) in [5.41, 5.74) is 9.12. The topological polar surface area (TPSA) is 57.2 Å². The summed E-state index contributed by atoms with van der Waals surface area (Å²) in [6, 6.07) is 8.18. The minimum absolute atomic E-state index is 0.193. The molecule has 4 nitrogen and oxygen atoms in total. The molecule has 0 saturated carbocycles. The Balaban J connectivity index is 2.42. The lowest BCUT2D eigenvalue weighted by Crippen LogP contribution is -2.14. The largest absolute Gasteiger partial charge is 0.465 e. The molecule has 0 spiro atoms. The number of hydrogen-bond donors (Lipinski definition) is 1. The molecule has 1 aromatic carbocycles. The van der Waals surface area contributed by atoms with Gasteiger partial charge in [0.05, 0.1) is 6.61 Å². The molecule has 0 atom stereocenters. The summed E-state index contributed by atoms with van der Waals surface area (Å²) in [6.45, 7) is 5.24. The fourth-order valence-corrected chi connectivity index (χ4v) is 2.64. The van der Waals surface area contributed by atoms with E-state index in [1.54, 1.807) is 0 Å². The van der Waals surface area contributed by atoms with Crippen LogP contribution < -0.4 is 5.73 Å². The number of aromatic nitrogens is 1. The van der Waals surface area contributed by atoms with E-state index in [9.17, 15) is 4.79 Å². The number of carbonyl (C=O) groups excluding carboxylic acids is 1. The van der Waals surface area contributed by atoms with E-state index in [0.717, 1.165) is 24.1 Å². The molecule has 2 N–H and O–H groups in total. The van der Waals surface area contributed by atoms with Crippen molar-refractivity contribution in [3.8, 4) is 0 Å². The van der Waals surface area contributed by atoms with E-state index < -0.39 is 0 Å². The third kappa shape index (κ3) is 2.85. The highest BCUT2D eigenvalue weighted by molar-refractivity contribution is 5.87. The second-order valence-electron chi connectivity index (χ2n) is 4.86. The van der Waals surface area contributed by atoms with Crippen molar-refractivity contribution in [3.05, 3.63) is 35.5 Å². The molecule has 4 heteroatoms. The van der Waals surface area contributed by atoms with Gasteiger partial charge in [-0.25, -0.2) is 0 Å². The van der Waals surface area contributed by atoms with E-state index >= 15 is 0 Å². The van der Waals surface area contributed by atoms with E-state index in [1.165, 1.54) is 10.9 Å². The fourth-order valence-electron chi connectivity index (χ4n) is 2.64. The van der Waals surface area contributed by atoms with Crippen molar-refractivity contribution >= 4 is 16.9 Å². The standard InChI is InChI=1S/C16H22N2O2/c1-3-20-16(19)11-18-12(2)13(8-6-10-17)14-7-4-5-9-15(14)18/h4-5,7,9H,3,6,8,10-11,17H2,1-2H3. The van der Waals surface area contributed by atoms with Gasteiger partial charge in [-0.3, -0.25) is 4.79 Å². The molecule has 0 bridgehead atoms. The van der Waals surface area contributed by atoms with Gasteiger partial charge in [-0.1, -0.05) is 18.2 Å². The average molecular weight is 274 g/mol. The average Bonchev–Trinajstić information content (AvgIpc) is 2.70. The second kappa shape index (κ2) is 6.57. The Morgan fingerprint density at radius 2 is 2.10 bits per heavy atom. The van der Waals surface area contributed by atoms with Crippen LogP contribution in [0.5, 0.6) is 0 Å². The number of rotatable bonds is 6. The van der Waals surface area contributed by atoms with Crippen LogP contribution in [0.4, 0.5) is 0 Å². The normalized spacial score (nSPS) is 10.9. The van der Waals surface area contributed by atoms with Crippen molar-refractivity contribution in [1.29, 1.82) is 0 Å². The lowest BCUT2D eigenvalue weighted by atomic mass is 10.1. The van der Waals surface area contributed by atoms with E-state index in [1.807, 2.05) is 29.7 Å². The van der Waals surface area contributed by atoms with E-state index in [-0.39, 0.29) is 12.5 Å². The van der Waals surface area contributed by atoms with Crippen LogP contribution in [0.2, 0.25) is 0 Å². The van der Waals surface area contributed by atoms with Crippen molar-refractivity contribution in [2.45, 2.75) is 33.2 Å². The molecule has 0 radical (unpaired) electrons. The number of aryl methyl sites for hydroxylation is 1. The molecule has 1 aromatic heterocycles. The van der Waals surface area contributed by atoms with Gasteiger partial charge in [0.1, 0.15) is 6.54 Å². The van der Waals surface area contributed by atoms with Crippen LogP contribution in [-0.2, 0) is 22.5 Å². The monoisotopic (exact) mass is 274 g/mol. The smallest absolute Gasteiger partial charge is 0.325 e. The minimum Gasteiger partial charge on any atom is -0.465 e. The number of fused-ring (bicyclic) bond motifs is 1. The molecule has 20 heavy (non-hydrogen) atoms. The van der Waals surface area contributed by atoms with Crippen molar-refractivity contribution in [1.82, 2.24) is 4.57 Å². The molecule has 0 fully saturated rings. The Morgan fingerprint density at radius 1 is 1.35 bits per heavy atom. The van der Waals surface area contributed by atoms with Gasteiger partial charge >= 0.3 is 5.97 Å². The maximum atomic E-state index is 11.8. The van der Waals surface area contributed by atoms with Gasteiger partial charge in [-0.2, -0.15) is 0 Å². The highest BCUT2D eigenvalue weighted by atomic mass is 16.5. The molecule has 2 aromatic rings. The molecule has 0 aliphatic carbocycles. The maximum Gasteiger partial charge on any atom is 0.325 e. The lowest BCUT2D eigenvalue weighted by Gasteiger charge is -2.08. The van der Waals surface area contributed by atoms with Crippen LogP contribution in [0.25, 0.3) is 10.9 Å². The summed E-state index contributed by atoms with van der Waals surface area (Å²) in [5, 5.41) is 1.21. The van der Waals surface area contributed by atoms with Crippen LogP contribution in [-0.4, -0.2) is 23.7 Å². The van der Waals surface area contributed by atoms with Crippen molar-refractivity contribution in [2.75, 3.05) is 13.2 Å². The number of nitrogens with two attached hydrogens (primary N) is 1. The molecule has 0 aliphatic heterocycles. The number of para-hydroxylation sites is 1. The van der Waals surface area contributed by atoms with Gasteiger partial charge in [-0.05, 0) is 44.9 Å². The third-order valence-corrected chi connectivity index (χ3v) is 3.59. The summed E-state index contributed by atoms with van der Waals surface area (Å²) in [6.07, 6.45) is 1.90. The van der Waals surface area contributed by atoms with E-state index in [2.05, 4.69) is 13.0 Å². The molecule has 1 heterocycles. The Kier molecular flexibility index (Phi) is 4.79. The van der Waals surface area contributed by atoms with Crippen LogP contribution in [0.3, 0.4) is 0 Å². The third-order valence-electron chi connectivity index (χ3n) is 3.59. The summed E-state index contributed by atoms with van der Waals surface area (Å²) in [4.78, 5) is 11.8. The lowest BCUT2D eigenvalue weighted by molar-refractivity contribution is -0.143. The first kappa shape index (κ1) is 14.6. The number of ether oxygens (including phenoxy) is 1. The minimum atomic E-state index is -0.193. The second-order valence-corrected chi connectivity index (χ2v) is 4.86. The van der Waals surface area contributed by atoms with Gasteiger partial charge in [0.15, 0.2) is 0 Å². The summed E-state index contributed by atoms with van der Waals surface area (Å²) in [5.74, 6) is -0.193. The van der Waals surface area contributed by atoms with Crippen molar-refractivity contribution < 1.29 is 9.53 Å². The van der Waals surface area contributed by atoms with Crippen LogP contribution in [0, 0.1) is 6.92 Å². The van der Waals surface area contributed by atoms with E-state index in [0.29, 0.717) is 13.2 Å². The maximum absolute atomic E-state index is 11.8. The molecule has 0 aliphatic rings. The van der Waals surface area contributed by atoms with Crippen LogP contribution in [0.1, 0.15) is 24.6 Å². The van der Waals surface area contributed by atoms with Crippen molar-refractivity contribution in [2.24, 2.45) is 5.73 Å². The first-order chi connectivity index (χ1) is 9.69. The molecule has 108 valence electrons. The Labute approximate surface area is 119 Å². The van der Waals surface area contributed by atoms with Gasteiger partial charge in [-0.15, -0.1) is 0 Å². The highest BCUT2D eigenvalue weighted by Gasteiger charge is 2.15. The summed E-state index contributed by atoms with van der Waals surface area (Å²) in [7, 11) is 0. The van der Waals surface area contributed by atoms with Gasteiger partial charge < -0.3 is 15.0 Å². The van der Waals surface area contributed by atoms with Gasteiger partial charge in [0.25, 0.3) is 0 Å². The van der Waals surface area contributed by atoms with Crippen LogP contribution in [0.15, 0.2) is 24.3 Å². The Morgan fingerprint density at radius 3 is 2.80 bits per heavy atom. The summed E-state index contributed by atoms with van der Waals surface area (Å²) < 4.78 is 7.10. The molecule has 0 unspecified atom stereocenters. The first-order valence-electron chi connectivity index (χ1n) is 7.11. The molecular formula is C16H22N2O2. The zero-order chi connectivity index (χ0) is 14.5. The number of hydrogen-bond acceptors (Lipinski definition) is 3. The SMILES string of the molecule is CCOC(=O)Cn1c(C)c(CCCN)c2ccccc21. The molecular weight excluding hydrogens is 252 g/mol. The Hall–Kier alpha value is -1.81. The molecule has 0 saturated heterocycles. The predicted octanol–water partition coefficient (Wildman–Crippen LogP) is 2.40. The van der Waals surface area contributed by atoms with Crippen LogP contribution >= 0.6 is 0 Å². The number of benzene rings is 1. The zero-order valence-corrected chi connectivity index (χ0v) is 12.2. The number of nitrogens with zero attached hydrogens (tertiary/aromatic N) is 1. The predicted molar refractivity (Wildman–Crippen MR) is 80.7 cm³/mol. The number of esters is 1. The highest BCUT2D eigenvalue weighted by Crippen LogP contribution is 2.26. The van der Waals surface area contributed by atoms with Crippen molar-refractivity contribution in [3.63, 3.8) is 0 Å². The quantitative estimate of drug-likeness (QED) is 0.823. The van der Waals surface area contributed by atoms with E-state index in [4.69, 9.17) is 10.5 Å². The first-order valence-corrected chi connectivity index (χ1v) is 7.11. The Bertz CT molecular complexity index is 602. The summed E-state index contributed by atoms with van der Waals surface area (Å²) >= 11 is 0. The fraction of sp³-hybridized carbons (Fsp3) is 0.438. The molecule has 0 amide bonds. The van der Waals surface area contributed by atoms with Gasteiger partial charge in [0.2, 0.25) is 0 Å². The molecule has 2 rings (SSSR count).